The molecule has 0 aliphatic heterocycles. The Morgan fingerprint density at radius 1 is 1.03 bits per heavy atom. The highest BCUT2D eigenvalue weighted by Gasteiger charge is 2.31. The van der Waals surface area contributed by atoms with E-state index in [0.29, 0.717) is 38.5 Å². The van der Waals surface area contributed by atoms with Crippen LogP contribution in [0.5, 0.6) is 17.2 Å². The van der Waals surface area contributed by atoms with Crippen LogP contribution in [-0.2, 0) is 11.0 Å². The maximum Gasteiger partial charge on any atom is 0.416 e. The van der Waals surface area contributed by atoms with Crippen molar-refractivity contribution in [2.24, 2.45) is 0 Å². The largest absolute Gasteiger partial charge is 0.508 e. The van der Waals surface area contributed by atoms with E-state index in [-0.39, 0.29) is 5.75 Å². The third-order valence-electron chi connectivity index (χ3n) is 4.94. The number of benzene rings is 3. The van der Waals surface area contributed by atoms with E-state index >= 15 is 0 Å². The number of thiophene rings is 1. The van der Waals surface area contributed by atoms with Crippen LogP contribution in [0.25, 0.3) is 26.6 Å². The zero-order valence-corrected chi connectivity index (χ0v) is 18.0. The molecule has 4 nitrogen and oxygen atoms in total. The van der Waals surface area contributed by atoms with Crippen LogP contribution in [0.15, 0.2) is 66.7 Å². The number of phenols is 1. The van der Waals surface area contributed by atoms with Gasteiger partial charge in [0.1, 0.15) is 11.5 Å². The Morgan fingerprint density at radius 3 is 2.39 bits per heavy atom. The highest BCUT2D eigenvalue weighted by atomic mass is 32.1. The average Bonchev–Trinajstić information content (AvgIpc) is 3.09. The molecule has 0 radical (unpaired) electrons. The van der Waals surface area contributed by atoms with Crippen molar-refractivity contribution in [1.29, 1.82) is 0 Å². The molecule has 4 aromatic rings. The lowest BCUT2D eigenvalue weighted by molar-refractivity contribution is -0.137. The average molecular weight is 470 g/mol. The third kappa shape index (κ3) is 4.85. The zero-order valence-electron chi connectivity index (χ0n) is 17.2. The number of carboxylic acid groups (broad SMARTS) is 1. The predicted octanol–water partition coefficient (Wildman–Crippen LogP) is 7.49. The molecule has 0 aliphatic carbocycles. The van der Waals surface area contributed by atoms with Gasteiger partial charge in [0, 0.05) is 16.2 Å². The number of hydrogen-bond donors (Lipinski definition) is 2. The minimum atomic E-state index is -4.44. The number of alkyl halides is 3. The highest BCUT2D eigenvalue weighted by Crippen LogP contribution is 2.48. The summed E-state index contributed by atoms with van der Waals surface area (Å²) in [5.41, 5.74) is 0.984. The minimum absolute atomic E-state index is 0.0700. The number of halogens is 3. The molecule has 0 atom stereocenters. The maximum absolute atomic E-state index is 13.1. The molecule has 4 rings (SSSR count). The Bertz CT molecular complexity index is 1370. The maximum atomic E-state index is 13.1. The number of fused-ring (bicyclic) bond motifs is 1. The number of aromatic hydroxyl groups is 1. The van der Waals surface area contributed by atoms with Crippen molar-refractivity contribution in [2.75, 3.05) is 0 Å². The Kier molecular flexibility index (Phi) is 5.86. The van der Waals surface area contributed by atoms with Gasteiger partial charge in [-0.25, -0.2) is 4.79 Å². The Morgan fingerprint density at radius 2 is 1.76 bits per heavy atom. The third-order valence-corrected chi connectivity index (χ3v) is 6.11. The van der Waals surface area contributed by atoms with Crippen molar-refractivity contribution in [3.8, 4) is 27.7 Å². The van der Waals surface area contributed by atoms with E-state index < -0.39 is 17.7 Å². The lowest BCUT2D eigenvalue weighted by atomic mass is 10.0. The van der Waals surface area contributed by atoms with Gasteiger partial charge in [-0.2, -0.15) is 13.2 Å². The van der Waals surface area contributed by atoms with E-state index in [4.69, 9.17) is 9.84 Å². The van der Waals surface area contributed by atoms with Crippen molar-refractivity contribution in [2.45, 2.75) is 13.1 Å². The van der Waals surface area contributed by atoms with Crippen LogP contribution in [0.2, 0.25) is 0 Å². The van der Waals surface area contributed by atoms with Gasteiger partial charge in [0.25, 0.3) is 0 Å². The number of aryl methyl sites for hydroxylation is 1. The summed E-state index contributed by atoms with van der Waals surface area (Å²) in [6.07, 6.45) is -1.96. The van der Waals surface area contributed by atoms with Crippen molar-refractivity contribution < 1.29 is 32.9 Å². The second kappa shape index (κ2) is 8.63. The predicted molar refractivity (Wildman–Crippen MR) is 122 cm³/mol. The minimum Gasteiger partial charge on any atom is -0.508 e. The van der Waals surface area contributed by atoms with Crippen molar-refractivity contribution in [3.63, 3.8) is 0 Å². The molecule has 3 aromatic carbocycles. The molecule has 0 saturated heterocycles. The van der Waals surface area contributed by atoms with Gasteiger partial charge in [-0.3, -0.25) is 0 Å². The Balaban J connectivity index is 1.78. The topological polar surface area (TPSA) is 66.8 Å². The summed E-state index contributed by atoms with van der Waals surface area (Å²) >= 11 is 1.31. The molecule has 1 aromatic heterocycles. The summed E-state index contributed by atoms with van der Waals surface area (Å²) in [7, 11) is 0. The standard InChI is InChI=1S/C25H17F3O4S/c1-14-12-16(25(26,27)28)5-9-19(14)24-23(20-10-6-17(29)13-21(20)33-24)32-18-7-2-15(3-8-18)4-11-22(30)31/h2-13,29H,1H3,(H,30,31)/b11-4+. The van der Waals surface area contributed by atoms with Crippen LogP contribution in [0.1, 0.15) is 16.7 Å². The number of ether oxygens (including phenoxy) is 1. The first kappa shape index (κ1) is 22.4. The normalized spacial score (nSPS) is 11.9. The van der Waals surface area contributed by atoms with Gasteiger partial charge in [0.2, 0.25) is 0 Å². The first-order valence-electron chi connectivity index (χ1n) is 9.74. The van der Waals surface area contributed by atoms with E-state index in [9.17, 15) is 23.1 Å². The van der Waals surface area contributed by atoms with Gasteiger partial charge >= 0.3 is 12.1 Å². The Hall–Kier alpha value is -3.78. The number of rotatable bonds is 5. The van der Waals surface area contributed by atoms with Crippen molar-refractivity contribution >= 4 is 33.5 Å². The van der Waals surface area contributed by atoms with Crippen LogP contribution in [0.4, 0.5) is 13.2 Å². The van der Waals surface area contributed by atoms with Crippen LogP contribution in [0.3, 0.4) is 0 Å². The molecule has 0 saturated carbocycles. The molecule has 1 heterocycles. The van der Waals surface area contributed by atoms with Crippen LogP contribution < -0.4 is 4.74 Å². The highest BCUT2D eigenvalue weighted by molar-refractivity contribution is 7.22. The SMILES string of the molecule is Cc1cc(C(F)(F)F)ccc1-c1sc2cc(O)ccc2c1Oc1ccc(/C=C/C(=O)O)cc1. The summed E-state index contributed by atoms with van der Waals surface area (Å²) in [6, 6.07) is 15.1. The molecular formula is C25H17F3O4S. The second-order valence-electron chi connectivity index (χ2n) is 7.31. The fraction of sp³-hybridized carbons (Fsp3) is 0.0800. The van der Waals surface area contributed by atoms with E-state index in [1.807, 2.05) is 0 Å². The van der Waals surface area contributed by atoms with Crippen molar-refractivity contribution in [3.05, 3.63) is 83.4 Å². The van der Waals surface area contributed by atoms with Gasteiger partial charge in [0.05, 0.1) is 10.4 Å². The van der Waals surface area contributed by atoms with Gasteiger partial charge in [-0.1, -0.05) is 18.2 Å². The fourth-order valence-corrected chi connectivity index (χ4v) is 4.62. The molecule has 0 spiro atoms. The van der Waals surface area contributed by atoms with Gasteiger partial charge in [0.15, 0.2) is 5.75 Å². The van der Waals surface area contributed by atoms with E-state index in [2.05, 4.69) is 0 Å². The summed E-state index contributed by atoms with van der Waals surface area (Å²) in [4.78, 5) is 11.3. The lowest BCUT2D eigenvalue weighted by Crippen LogP contribution is -2.05. The fourth-order valence-electron chi connectivity index (χ4n) is 3.37. The van der Waals surface area contributed by atoms with Crippen LogP contribution >= 0.6 is 11.3 Å². The number of carbonyl (C=O) groups is 1. The van der Waals surface area contributed by atoms with Crippen LogP contribution in [-0.4, -0.2) is 16.2 Å². The van der Waals surface area contributed by atoms with E-state index in [0.717, 1.165) is 22.9 Å². The smallest absolute Gasteiger partial charge is 0.416 e. The molecule has 0 amide bonds. The Labute approximate surface area is 190 Å². The van der Waals surface area contributed by atoms with E-state index in [1.165, 1.54) is 29.5 Å². The summed E-state index contributed by atoms with van der Waals surface area (Å²) < 4.78 is 46.3. The lowest BCUT2D eigenvalue weighted by Gasteiger charge is -2.12. The molecule has 0 aliphatic rings. The molecule has 8 heteroatoms. The monoisotopic (exact) mass is 470 g/mol. The van der Waals surface area contributed by atoms with Crippen LogP contribution in [0, 0.1) is 6.92 Å². The number of aliphatic carboxylic acids is 1. The summed E-state index contributed by atoms with van der Waals surface area (Å²) in [6.45, 7) is 1.61. The van der Waals surface area contributed by atoms with E-state index in [1.54, 1.807) is 43.3 Å². The molecule has 0 unspecified atom stereocenters. The van der Waals surface area contributed by atoms with Gasteiger partial charge in [-0.15, -0.1) is 11.3 Å². The molecule has 0 fully saturated rings. The summed E-state index contributed by atoms with van der Waals surface area (Å²) in [5, 5.41) is 19.3. The van der Waals surface area contributed by atoms with Gasteiger partial charge in [-0.05, 0) is 72.2 Å². The molecule has 33 heavy (non-hydrogen) atoms. The first-order chi connectivity index (χ1) is 15.6. The summed E-state index contributed by atoms with van der Waals surface area (Å²) in [5.74, 6) is -0.0480. The first-order valence-corrected chi connectivity index (χ1v) is 10.6. The number of phenolic OH excluding ortho intramolecular Hbond substituents is 1. The molecule has 2 N–H and O–H groups in total. The molecule has 168 valence electrons. The van der Waals surface area contributed by atoms with Crippen molar-refractivity contribution in [1.82, 2.24) is 0 Å². The second-order valence-corrected chi connectivity index (χ2v) is 8.36. The number of carboxylic acids is 1. The van der Waals surface area contributed by atoms with Gasteiger partial charge < -0.3 is 14.9 Å². The molecule has 0 bridgehead atoms. The quantitative estimate of drug-likeness (QED) is 0.297. The number of hydrogen-bond acceptors (Lipinski definition) is 4. The molecular weight excluding hydrogens is 453 g/mol. The zero-order chi connectivity index (χ0) is 23.8.